The molecular formula is C14H16N4O3S. The van der Waals surface area contributed by atoms with Gasteiger partial charge in [0.15, 0.2) is 0 Å². The fourth-order valence-corrected chi connectivity index (χ4v) is 2.24. The number of nitrogens with one attached hydrogen (secondary N) is 1. The van der Waals surface area contributed by atoms with Crippen LogP contribution in [0.15, 0.2) is 47.6 Å². The first-order valence-electron chi connectivity index (χ1n) is 6.53. The van der Waals surface area contributed by atoms with Crippen molar-refractivity contribution in [2.75, 3.05) is 5.32 Å². The number of carbonyl (C=O) groups excluding carboxylic acids is 1. The number of carbonyl (C=O) groups is 1. The van der Waals surface area contributed by atoms with Crippen molar-refractivity contribution in [2.45, 2.75) is 18.4 Å². The molecule has 8 heteroatoms. The molecule has 0 radical (unpaired) electrons. The van der Waals surface area contributed by atoms with Gasteiger partial charge >= 0.3 is 0 Å². The number of aryl methyl sites for hydroxylation is 1. The summed E-state index contributed by atoms with van der Waals surface area (Å²) in [5, 5.41) is 11.7. The van der Waals surface area contributed by atoms with Crippen LogP contribution in [0.2, 0.25) is 0 Å². The summed E-state index contributed by atoms with van der Waals surface area (Å²) in [5.74, 6) is -0.326. The molecular weight excluding hydrogens is 304 g/mol. The van der Waals surface area contributed by atoms with E-state index >= 15 is 0 Å². The highest BCUT2D eigenvalue weighted by Crippen LogP contribution is 2.12. The molecule has 0 spiro atoms. The lowest BCUT2D eigenvalue weighted by Gasteiger charge is -2.03. The highest BCUT2D eigenvalue weighted by Gasteiger charge is 2.07. The molecule has 22 heavy (non-hydrogen) atoms. The lowest BCUT2D eigenvalue weighted by Crippen LogP contribution is -2.12. The predicted molar refractivity (Wildman–Crippen MR) is 83.4 cm³/mol. The van der Waals surface area contributed by atoms with E-state index in [4.69, 9.17) is 5.14 Å². The summed E-state index contributed by atoms with van der Waals surface area (Å²) in [4.78, 5) is 11.8. The van der Waals surface area contributed by atoms with E-state index in [0.717, 1.165) is 12.1 Å². The Labute approximate surface area is 128 Å². The molecule has 0 bridgehead atoms. The summed E-state index contributed by atoms with van der Waals surface area (Å²) < 4.78 is 24.0. The van der Waals surface area contributed by atoms with Crippen LogP contribution in [0.5, 0.6) is 0 Å². The number of hydrogen-bond donors (Lipinski definition) is 2. The van der Waals surface area contributed by atoms with Gasteiger partial charge in [0.2, 0.25) is 15.9 Å². The van der Waals surface area contributed by atoms with Crippen LogP contribution in [0.4, 0.5) is 5.69 Å². The topological polar surface area (TPSA) is 107 Å². The summed E-state index contributed by atoms with van der Waals surface area (Å²) >= 11 is 0. The van der Waals surface area contributed by atoms with E-state index in [1.54, 1.807) is 17.0 Å². The lowest BCUT2D eigenvalue weighted by atomic mass is 10.3. The van der Waals surface area contributed by atoms with Gasteiger partial charge in [-0.05, 0) is 37.3 Å². The van der Waals surface area contributed by atoms with Crippen LogP contribution in [0, 0.1) is 0 Å². The number of nitrogens with zero attached hydrogens (tertiary/aromatic N) is 2. The second kappa shape index (κ2) is 6.54. The van der Waals surface area contributed by atoms with Crippen LogP contribution >= 0.6 is 0 Å². The summed E-state index contributed by atoms with van der Waals surface area (Å²) in [6.45, 7) is 2.73. The van der Waals surface area contributed by atoms with Gasteiger partial charge in [0.25, 0.3) is 0 Å². The van der Waals surface area contributed by atoms with Gasteiger partial charge in [-0.1, -0.05) is 0 Å². The fourth-order valence-electron chi connectivity index (χ4n) is 1.72. The number of benzene rings is 1. The van der Waals surface area contributed by atoms with Crippen molar-refractivity contribution in [3.05, 3.63) is 48.3 Å². The smallest absolute Gasteiger partial charge is 0.248 e. The minimum atomic E-state index is -3.73. The molecule has 0 unspecified atom stereocenters. The molecule has 0 aliphatic rings. The van der Waals surface area contributed by atoms with E-state index in [1.165, 1.54) is 30.3 Å². The maximum Gasteiger partial charge on any atom is 0.248 e. The Balaban J connectivity index is 1.99. The van der Waals surface area contributed by atoms with Gasteiger partial charge in [-0.2, -0.15) is 5.10 Å². The predicted octanol–water partition coefficient (Wildman–Crippen LogP) is 1.20. The lowest BCUT2D eigenvalue weighted by molar-refractivity contribution is -0.111. The van der Waals surface area contributed by atoms with Gasteiger partial charge in [0, 0.05) is 30.1 Å². The van der Waals surface area contributed by atoms with Crippen LogP contribution in [0.25, 0.3) is 6.08 Å². The average Bonchev–Trinajstić information content (AvgIpc) is 2.93. The van der Waals surface area contributed by atoms with Crippen LogP contribution < -0.4 is 10.5 Å². The first-order chi connectivity index (χ1) is 10.4. The molecule has 1 amide bonds. The summed E-state index contributed by atoms with van der Waals surface area (Å²) in [7, 11) is -3.73. The maximum absolute atomic E-state index is 11.8. The molecule has 0 saturated carbocycles. The number of aromatic nitrogens is 2. The van der Waals surface area contributed by atoms with Crippen molar-refractivity contribution in [3.63, 3.8) is 0 Å². The highest BCUT2D eigenvalue weighted by molar-refractivity contribution is 7.89. The van der Waals surface area contributed by atoms with Crippen LogP contribution in [-0.4, -0.2) is 24.1 Å². The van der Waals surface area contributed by atoms with E-state index in [-0.39, 0.29) is 10.8 Å². The second-order valence-corrected chi connectivity index (χ2v) is 6.08. The molecule has 1 aromatic carbocycles. The first kappa shape index (κ1) is 15.9. The third-order valence-electron chi connectivity index (χ3n) is 2.85. The Bertz CT molecular complexity index is 792. The Kier molecular flexibility index (Phi) is 4.74. The quantitative estimate of drug-likeness (QED) is 0.807. The van der Waals surface area contributed by atoms with Crippen molar-refractivity contribution in [2.24, 2.45) is 5.14 Å². The number of nitrogens with two attached hydrogens (primary N) is 1. The average molecular weight is 320 g/mol. The Hall–Kier alpha value is -2.45. The van der Waals surface area contributed by atoms with E-state index in [1.807, 2.05) is 13.1 Å². The molecule has 116 valence electrons. The molecule has 3 N–H and O–H groups in total. The largest absolute Gasteiger partial charge is 0.323 e. The van der Waals surface area contributed by atoms with Gasteiger partial charge in [-0.15, -0.1) is 0 Å². The van der Waals surface area contributed by atoms with Gasteiger partial charge < -0.3 is 5.32 Å². The molecule has 0 saturated heterocycles. The molecule has 0 aliphatic heterocycles. The number of amides is 1. The number of anilines is 1. The summed E-state index contributed by atoms with van der Waals surface area (Å²) in [6, 6.07) is 5.61. The monoisotopic (exact) mass is 320 g/mol. The molecule has 0 atom stereocenters. The standard InChI is InChI=1S/C14H16N4O3S/c1-2-18-10-11(9-16-18)3-8-14(19)17-12-4-6-13(7-5-12)22(15,20)21/h3-10H,2H2,1H3,(H,17,19)(H2,15,20,21). The zero-order valence-corrected chi connectivity index (χ0v) is 12.7. The van der Waals surface area contributed by atoms with Crippen molar-refractivity contribution in [3.8, 4) is 0 Å². The summed E-state index contributed by atoms with van der Waals surface area (Å²) in [5.41, 5.74) is 1.30. The molecule has 2 aromatic rings. The molecule has 0 aliphatic carbocycles. The third-order valence-corrected chi connectivity index (χ3v) is 3.78. The SMILES string of the molecule is CCn1cc(C=CC(=O)Nc2ccc(S(N)(=O)=O)cc2)cn1. The van der Waals surface area contributed by atoms with Crippen LogP contribution in [-0.2, 0) is 21.4 Å². The van der Waals surface area contributed by atoms with E-state index in [9.17, 15) is 13.2 Å². The van der Waals surface area contributed by atoms with E-state index in [2.05, 4.69) is 10.4 Å². The van der Waals surface area contributed by atoms with Gasteiger partial charge in [0.05, 0.1) is 11.1 Å². The molecule has 1 heterocycles. The molecule has 0 fully saturated rings. The first-order valence-corrected chi connectivity index (χ1v) is 8.07. The van der Waals surface area contributed by atoms with Crippen LogP contribution in [0.1, 0.15) is 12.5 Å². The Morgan fingerprint density at radius 2 is 2.05 bits per heavy atom. The number of sulfonamides is 1. The molecule has 2 rings (SSSR count). The third kappa shape index (κ3) is 4.27. The van der Waals surface area contributed by atoms with Gasteiger partial charge in [0.1, 0.15) is 0 Å². The fraction of sp³-hybridized carbons (Fsp3) is 0.143. The van der Waals surface area contributed by atoms with Crippen molar-refractivity contribution in [1.29, 1.82) is 0 Å². The van der Waals surface area contributed by atoms with E-state index < -0.39 is 10.0 Å². The minimum absolute atomic E-state index is 0.00646. The number of rotatable bonds is 5. The van der Waals surface area contributed by atoms with Crippen LogP contribution in [0.3, 0.4) is 0 Å². The van der Waals surface area contributed by atoms with Gasteiger partial charge in [-0.3, -0.25) is 9.48 Å². The summed E-state index contributed by atoms with van der Waals surface area (Å²) in [6.07, 6.45) is 6.51. The van der Waals surface area contributed by atoms with Crippen molar-refractivity contribution >= 4 is 27.7 Å². The Morgan fingerprint density at radius 3 is 2.59 bits per heavy atom. The zero-order valence-electron chi connectivity index (χ0n) is 11.9. The number of hydrogen-bond acceptors (Lipinski definition) is 4. The highest BCUT2D eigenvalue weighted by atomic mass is 32.2. The molecule has 1 aromatic heterocycles. The second-order valence-electron chi connectivity index (χ2n) is 4.52. The normalized spacial score (nSPS) is 11.7. The number of primary sulfonamides is 1. The zero-order chi connectivity index (χ0) is 16.2. The van der Waals surface area contributed by atoms with Crippen molar-refractivity contribution < 1.29 is 13.2 Å². The minimum Gasteiger partial charge on any atom is -0.323 e. The Morgan fingerprint density at radius 1 is 1.36 bits per heavy atom. The van der Waals surface area contributed by atoms with Gasteiger partial charge in [-0.25, -0.2) is 13.6 Å². The van der Waals surface area contributed by atoms with Crippen molar-refractivity contribution in [1.82, 2.24) is 9.78 Å². The maximum atomic E-state index is 11.8. The molecule has 7 nitrogen and oxygen atoms in total. The van der Waals surface area contributed by atoms with E-state index in [0.29, 0.717) is 5.69 Å².